The Bertz CT molecular complexity index is 820. The molecule has 8 nitrogen and oxygen atoms in total. The van der Waals surface area contributed by atoms with Crippen LogP contribution in [0.1, 0.15) is 19.3 Å². The molecule has 9 heteroatoms. The molecule has 0 spiro atoms. The van der Waals surface area contributed by atoms with Gasteiger partial charge in [0.2, 0.25) is 0 Å². The number of anilines is 1. The lowest BCUT2D eigenvalue weighted by molar-refractivity contribution is -0.127. The van der Waals surface area contributed by atoms with Gasteiger partial charge in [-0.2, -0.15) is 0 Å². The molecule has 2 aliphatic rings. The van der Waals surface area contributed by atoms with Gasteiger partial charge < -0.3 is 20.5 Å². The number of nitrogens with two attached hydrogens (primary N) is 1. The first-order valence-corrected chi connectivity index (χ1v) is 9.42. The van der Waals surface area contributed by atoms with E-state index in [4.69, 9.17) is 5.73 Å². The van der Waals surface area contributed by atoms with Crippen molar-refractivity contribution in [3.8, 4) is 0 Å². The summed E-state index contributed by atoms with van der Waals surface area (Å²) >= 11 is 1.58. The number of aromatic nitrogens is 4. The third kappa shape index (κ3) is 2.98. The zero-order chi connectivity index (χ0) is 17.4. The first-order chi connectivity index (χ1) is 12.1. The van der Waals surface area contributed by atoms with Crippen molar-refractivity contribution in [1.82, 2.24) is 24.8 Å². The van der Waals surface area contributed by atoms with E-state index in [1.807, 2.05) is 23.0 Å². The summed E-state index contributed by atoms with van der Waals surface area (Å²) in [6.45, 7) is 0.777. The first-order valence-electron chi connectivity index (χ1n) is 8.43. The van der Waals surface area contributed by atoms with Crippen molar-refractivity contribution in [3.63, 3.8) is 0 Å². The van der Waals surface area contributed by atoms with Crippen LogP contribution < -0.4 is 10.6 Å². The van der Waals surface area contributed by atoms with Crippen LogP contribution in [-0.4, -0.2) is 62.2 Å². The number of H-pyrrole nitrogens is 1. The number of amides is 1. The third-order valence-electron chi connectivity index (χ3n) is 4.90. The maximum Gasteiger partial charge on any atom is 0.261 e. The lowest BCUT2D eigenvalue weighted by Gasteiger charge is -2.31. The molecular formula is C16H21N7OS. The number of nitrogens with one attached hydrogen (secondary N) is 1. The number of hydrogen-bond acceptors (Lipinski definition) is 7. The van der Waals surface area contributed by atoms with Crippen molar-refractivity contribution in [2.24, 2.45) is 5.73 Å². The van der Waals surface area contributed by atoms with Crippen molar-refractivity contribution in [2.45, 2.75) is 31.3 Å². The van der Waals surface area contributed by atoms with E-state index in [9.17, 15) is 4.79 Å². The van der Waals surface area contributed by atoms with Gasteiger partial charge in [0.05, 0.1) is 11.2 Å². The van der Waals surface area contributed by atoms with Gasteiger partial charge in [-0.05, 0) is 19.3 Å². The monoisotopic (exact) mass is 359 g/mol. The van der Waals surface area contributed by atoms with E-state index in [2.05, 4.69) is 19.9 Å². The Hall–Kier alpha value is -2.13. The van der Waals surface area contributed by atoms with Crippen molar-refractivity contribution in [3.05, 3.63) is 23.8 Å². The predicted octanol–water partition coefficient (Wildman–Crippen LogP) is 1.09. The number of likely N-dealkylation sites (N-methyl/N-ethyl adjacent to an activating group) is 1. The third-order valence-corrected chi connectivity index (χ3v) is 5.88. The molecule has 1 fully saturated rings. The Morgan fingerprint density at radius 1 is 1.40 bits per heavy atom. The molecule has 1 saturated carbocycles. The van der Waals surface area contributed by atoms with Crippen molar-refractivity contribution >= 4 is 34.7 Å². The molecule has 0 saturated heterocycles. The molecule has 2 atom stereocenters. The highest BCUT2D eigenvalue weighted by molar-refractivity contribution is 8.04. The normalized spacial score (nSPS) is 23.8. The average molecular weight is 359 g/mol. The van der Waals surface area contributed by atoms with E-state index in [1.54, 1.807) is 18.1 Å². The standard InChI is InChI=1S/C16H21N7OS/c1-22(11-4-2-3-10(11)17)16(24)12-7-23(5-6-25-12)15-13-14(19-8-18-13)20-9-21-15/h7-11H,2-6,17H2,1H3,(H,18,19,20,21)/t10-,11-/m1/s1. The number of imidazole rings is 1. The van der Waals surface area contributed by atoms with Crippen molar-refractivity contribution in [1.29, 1.82) is 0 Å². The van der Waals surface area contributed by atoms with Crippen LogP contribution in [0.4, 0.5) is 5.82 Å². The van der Waals surface area contributed by atoms with Crippen LogP contribution in [0.3, 0.4) is 0 Å². The van der Waals surface area contributed by atoms with E-state index in [0.29, 0.717) is 5.65 Å². The predicted molar refractivity (Wildman–Crippen MR) is 98.0 cm³/mol. The minimum Gasteiger partial charge on any atom is -0.340 e. The second-order valence-electron chi connectivity index (χ2n) is 6.41. The molecule has 2 aromatic heterocycles. The number of rotatable bonds is 3. The van der Waals surface area contributed by atoms with E-state index in [-0.39, 0.29) is 18.0 Å². The van der Waals surface area contributed by atoms with Gasteiger partial charge in [-0.15, -0.1) is 11.8 Å². The number of hydrogen-bond donors (Lipinski definition) is 2. The van der Waals surface area contributed by atoms with E-state index >= 15 is 0 Å². The van der Waals surface area contributed by atoms with Crippen molar-refractivity contribution < 1.29 is 4.79 Å². The van der Waals surface area contributed by atoms with Crippen LogP contribution in [0, 0.1) is 0 Å². The van der Waals surface area contributed by atoms with Crippen LogP contribution in [0.15, 0.2) is 23.8 Å². The molecule has 0 bridgehead atoms. The second-order valence-corrected chi connectivity index (χ2v) is 7.55. The fourth-order valence-electron chi connectivity index (χ4n) is 3.53. The minimum atomic E-state index is 0.0342. The van der Waals surface area contributed by atoms with Gasteiger partial charge >= 0.3 is 0 Å². The molecule has 132 valence electrons. The second kappa shape index (κ2) is 6.64. The SMILES string of the molecule is CN(C(=O)C1=CN(c2ncnc3nc[nH]c23)CCS1)[C@@H]1CCC[C@H]1N. The first kappa shape index (κ1) is 16.3. The smallest absolute Gasteiger partial charge is 0.261 e. The summed E-state index contributed by atoms with van der Waals surface area (Å²) in [5.74, 6) is 1.60. The number of fused-ring (bicyclic) bond motifs is 1. The number of nitrogens with zero attached hydrogens (tertiary/aromatic N) is 5. The molecule has 2 aromatic rings. The summed E-state index contributed by atoms with van der Waals surface area (Å²) in [4.78, 5) is 33.2. The largest absolute Gasteiger partial charge is 0.340 e. The quantitative estimate of drug-likeness (QED) is 0.845. The highest BCUT2D eigenvalue weighted by Crippen LogP contribution is 2.30. The Kier molecular flexibility index (Phi) is 4.34. The van der Waals surface area contributed by atoms with Gasteiger partial charge in [0.1, 0.15) is 11.8 Å². The molecule has 1 amide bonds. The summed E-state index contributed by atoms with van der Waals surface area (Å²) in [7, 11) is 1.86. The zero-order valence-corrected chi connectivity index (χ0v) is 14.9. The van der Waals surface area contributed by atoms with Gasteiger partial charge in [-0.25, -0.2) is 15.0 Å². The van der Waals surface area contributed by atoms with Crippen LogP contribution >= 0.6 is 11.8 Å². The topological polar surface area (TPSA) is 104 Å². The van der Waals surface area contributed by atoms with E-state index < -0.39 is 0 Å². The molecule has 0 aromatic carbocycles. The van der Waals surface area contributed by atoms with E-state index in [0.717, 1.165) is 47.8 Å². The summed E-state index contributed by atoms with van der Waals surface area (Å²) in [5, 5.41) is 0. The average Bonchev–Trinajstić information content (AvgIpc) is 3.29. The maximum absolute atomic E-state index is 12.9. The van der Waals surface area contributed by atoms with Crippen LogP contribution in [0.5, 0.6) is 0 Å². The Morgan fingerprint density at radius 2 is 2.28 bits per heavy atom. The Labute approximate surface area is 149 Å². The van der Waals surface area contributed by atoms with Crippen LogP contribution in [0.25, 0.3) is 11.2 Å². The highest BCUT2D eigenvalue weighted by atomic mass is 32.2. The molecule has 0 radical (unpaired) electrons. The maximum atomic E-state index is 12.9. The molecule has 3 N–H and O–H groups in total. The Morgan fingerprint density at radius 3 is 3.08 bits per heavy atom. The fourth-order valence-corrected chi connectivity index (χ4v) is 4.50. The van der Waals surface area contributed by atoms with E-state index in [1.165, 1.54) is 6.33 Å². The zero-order valence-electron chi connectivity index (χ0n) is 14.1. The molecule has 0 unspecified atom stereocenters. The van der Waals surface area contributed by atoms with Crippen LogP contribution in [-0.2, 0) is 4.79 Å². The van der Waals surface area contributed by atoms with Crippen molar-refractivity contribution in [2.75, 3.05) is 24.2 Å². The minimum absolute atomic E-state index is 0.0342. The summed E-state index contributed by atoms with van der Waals surface area (Å²) in [6.07, 6.45) is 8.04. The van der Waals surface area contributed by atoms with Gasteiger partial charge in [0.25, 0.3) is 5.91 Å². The van der Waals surface area contributed by atoms with Gasteiger partial charge in [0, 0.05) is 37.6 Å². The number of aromatic amines is 1. The van der Waals surface area contributed by atoms with Gasteiger partial charge in [0.15, 0.2) is 11.5 Å². The molecular weight excluding hydrogens is 338 g/mol. The fraction of sp³-hybridized carbons (Fsp3) is 0.500. The summed E-state index contributed by atoms with van der Waals surface area (Å²) in [5.41, 5.74) is 7.56. The number of carbonyl (C=O) groups excluding carboxylic acids is 1. The molecule has 25 heavy (non-hydrogen) atoms. The van der Waals surface area contributed by atoms with Gasteiger partial charge in [-0.3, -0.25) is 4.79 Å². The molecule has 4 rings (SSSR count). The summed E-state index contributed by atoms with van der Waals surface area (Å²) in [6, 6.07) is 0.202. The lowest BCUT2D eigenvalue weighted by Crippen LogP contribution is -2.46. The van der Waals surface area contributed by atoms with Gasteiger partial charge in [-0.1, -0.05) is 0 Å². The lowest BCUT2D eigenvalue weighted by atomic mass is 10.1. The van der Waals surface area contributed by atoms with Crippen LogP contribution in [0.2, 0.25) is 0 Å². The summed E-state index contributed by atoms with van der Waals surface area (Å²) < 4.78 is 0. The highest BCUT2D eigenvalue weighted by Gasteiger charge is 2.32. The number of carbonyl (C=O) groups is 1. The number of thioether (sulfide) groups is 1. The molecule has 1 aliphatic carbocycles. The molecule has 1 aliphatic heterocycles. The molecule has 3 heterocycles. The Balaban J connectivity index is 1.60.